The minimum absolute atomic E-state index is 0.0957. The van der Waals surface area contributed by atoms with Crippen molar-refractivity contribution in [2.24, 2.45) is 0 Å². The lowest BCUT2D eigenvalue weighted by atomic mass is 9.77. The Bertz CT molecular complexity index is 1310. The van der Waals surface area contributed by atoms with Crippen LogP contribution >= 0.6 is 0 Å². The average molecular weight is 412 g/mol. The molecule has 1 radical (unpaired) electrons. The number of carbonyl (C=O) groups excluding carboxylic acids is 1. The van der Waals surface area contributed by atoms with E-state index in [0.29, 0.717) is 25.2 Å². The highest BCUT2D eigenvalue weighted by molar-refractivity contribution is 6.51. The number of hydrogen-bond donors (Lipinski definition) is 2. The first-order valence-electron chi connectivity index (χ1n) is 10.3. The van der Waals surface area contributed by atoms with Gasteiger partial charge in [-0.3, -0.25) is 4.79 Å². The van der Waals surface area contributed by atoms with Gasteiger partial charge in [0.2, 0.25) is 5.91 Å². The van der Waals surface area contributed by atoms with Crippen LogP contribution in [0.15, 0.2) is 60.8 Å². The molecule has 5 rings (SSSR count). The van der Waals surface area contributed by atoms with Crippen molar-refractivity contribution in [1.29, 1.82) is 0 Å². The molecule has 5 heterocycles. The van der Waals surface area contributed by atoms with Crippen LogP contribution in [-0.2, 0) is 17.9 Å². The first-order chi connectivity index (χ1) is 15.1. The highest BCUT2D eigenvalue weighted by Crippen LogP contribution is 2.13. The number of aryl methyl sites for hydroxylation is 1. The molecule has 0 spiro atoms. The van der Waals surface area contributed by atoms with Gasteiger partial charge in [-0.15, -0.1) is 0 Å². The molecule has 8 nitrogen and oxygen atoms in total. The van der Waals surface area contributed by atoms with Gasteiger partial charge in [0, 0.05) is 30.7 Å². The summed E-state index contributed by atoms with van der Waals surface area (Å²) < 4.78 is 4.03. The number of pyridine rings is 2. The third-order valence-electron chi connectivity index (χ3n) is 5.47. The Morgan fingerprint density at radius 3 is 3.10 bits per heavy atom. The van der Waals surface area contributed by atoms with Gasteiger partial charge in [-0.05, 0) is 36.3 Å². The molecule has 2 N–H and O–H groups in total. The second-order valence-electron chi connectivity index (χ2n) is 7.69. The summed E-state index contributed by atoms with van der Waals surface area (Å²) in [6, 6.07) is 10.2. The van der Waals surface area contributed by atoms with Crippen molar-refractivity contribution in [2.45, 2.75) is 26.8 Å². The summed E-state index contributed by atoms with van der Waals surface area (Å²) in [6.07, 6.45) is 7.63. The molecule has 0 unspecified atom stereocenters. The maximum Gasteiger partial charge on any atom is 0.250 e. The fourth-order valence-electron chi connectivity index (χ4n) is 3.84. The SMILES string of the molecule is C[B]c1cccc2nc(CN3C=C(C(=O)NCc4ncn5ccc(C)cc45)CN3)cn12. The van der Waals surface area contributed by atoms with E-state index in [-0.39, 0.29) is 5.91 Å². The highest BCUT2D eigenvalue weighted by Gasteiger charge is 2.19. The standard InChI is InChI=1S/C22H23BN7O/c1-15-6-7-28-14-25-18(19(28)8-15)10-24-22(31)16-9-26-29(11-16)12-17-13-30-20(23-2)4-3-5-21(30)27-17/h3-8,11,13-14,26H,9-10,12H2,1-2H3,(H,24,31). The largest absolute Gasteiger partial charge is 0.346 e. The Kier molecular flexibility index (Phi) is 4.95. The number of nitrogens with one attached hydrogen (secondary N) is 2. The summed E-state index contributed by atoms with van der Waals surface area (Å²) >= 11 is 0. The number of imidazole rings is 2. The smallest absolute Gasteiger partial charge is 0.250 e. The Balaban J connectivity index is 1.24. The molecule has 0 saturated carbocycles. The van der Waals surface area contributed by atoms with Gasteiger partial charge >= 0.3 is 0 Å². The van der Waals surface area contributed by atoms with Crippen molar-refractivity contribution in [3.8, 4) is 0 Å². The zero-order chi connectivity index (χ0) is 21.4. The van der Waals surface area contributed by atoms with Crippen molar-refractivity contribution in [1.82, 2.24) is 34.5 Å². The number of nitrogens with zero attached hydrogens (tertiary/aromatic N) is 5. The second-order valence-corrected chi connectivity index (χ2v) is 7.69. The van der Waals surface area contributed by atoms with Crippen LogP contribution in [0.25, 0.3) is 11.2 Å². The quantitative estimate of drug-likeness (QED) is 0.466. The molecule has 1 aliphatic rings. The molecule has 31 heavy (non-hydrogen) atoms. The van der Waals surface area contributed by atoms with Crippen LogP contribution in [0.3, 0.4) is 0 Å². The summed E-state index contributed by atoms with van der Waals surface area (Å²) in [5.41, 5.74) is 9.90. The number of amides is 1. The molecular weight excluding hydrogens is 389 g/mol. The van der Waals surface area contributed by atoms with E-state index < -0.39 is 0 Å². The van der Waals surface area contributed by atoms with Gasteiger partial charge in [0.15, 0.2) is 7.28 Å². The van der Waals surface area contributed by atoms with Crippen LogP contribution in [-0.4, -0.2) is 43.5 Å². The van der Waals surface area contributed by atoms with Gasteiger partial charge in [-0.25, -0.2) is 15.4 Å². The van der Waals surface area contributed by atoms with Crippen LogP contribution in [0.2, 0.25) is 6.82 Å². The predicted octanol–water partition coefficient (Wildman–Crippen LogP) is 1.19. The summed E-state index contributed by atoms with van der Waals surface area (Å²) in [4.78, 5) is 21.8. The third-order valence-corrected chi connectivity index (χ3v) is 5.47. The molecule has 0 fully saturated rings. The van der Waals surface area contributed by atoms with Gasteiger partial charge in [-0.1, -0.05) is 19.0 Å². The van der Waals surface area contributed by atoms with Crippen molar-refractivity contribution >= 4 is 29.9 Å². The molecule has 4 aromatic rings. The van der Waals surface area contributed by atoms with Crippen LogP contribution in [0.5, 0.6) is 0 Å². The lowest BCUT2D eigenvalue weighted by Crippen LogP contribution is -2.30. The summed E-state index contributed by atoms with van der Waals surface area (Å²) in [6.45, 7) is 5.50. The van der Waals surface area contributed by atoms with E-state index in [1.165, 1.54) is 0 Å². The molecule has 0 saturated heterocycles. The van der Waals surface area contributed by atoms with Gasteiger partial charge in [0.25, 0.3) is 0 Å². The summed E-state index contributed by atoms with van der Waals surface area (Å²) in [5, 5.41) is 4.89. The van der Waals surface area contributed by atoms with E-state index >= 15 is 0 Å². The van der Waals surface area contributed by atoms with Crippen molar-refractivity contribution in [3.63, 3.8) is 0 Å². The molecule has 0 aliphatic carbocycles. The molecule has 0 atom stereocenters. The Morgan fingerprint density at radius 1 is 1.32 bits per heavy atom. The monoisotopic (exact) mass is 412 g/mol. The lowest BCUT2D eigenvalue weighted by molar-refractivity contribution is -0.117. The molecule has 4 aromatic heterocycles. The van der Waals surface area contributed by atoms with E-state index in [1.54, 1.807) is 6.33 Å². The van der Waals surface area contributed by atoms with E-state index in [0.717, 1.165) is 33.7 Å². The van der Waals surface area contributed by atoms with Gasteiger partial charge in [0.05, 0.1) is 36.3 Å². The number of hydrazine groups is 1. The second kappa shape index (κ2) is 7.92. The number of rotatable bonds is 6. The molecular formula is C22H23BN7O. The molecule has 9 heteroatoms. The van der Waals surface area contributed by atoms with Crippen LogP contribution < -0.4 is 16.3 Å². The maximum atomic E-state index is 12.7. The number of carbonyl (C=O) groups is 1. The highest BCUT2D eigenvalue weighted by atomic mass is 16.1. The topological polar surface area (TPSA) is 79.0 Å². The fourth-order valence-corrected chi connectivity index (χ4v) is 3.84. The lowest BCUT2D eigenvalue weighted by Gasteiger charge is -2.13. The fraction of sp³-hybridized carbons (Fsp3) is 0.227. The Labute approximate surface area is 180 Å². The van der Waals surface area contributed by atoms with Crippen molar-refractivity contribution in [2.75, 3.05) is 6.54 Å². The first kappa shape index (κ1) is 19.4. The average Bonchev–Trinajstić information content (AvgIpc) is 3.49. The van der Waals surface area contributed by atoms with Crippen LogP contribution in [0, 0.1) is 6.92 Å². The van der Waals surface area contributed by atoms with Gasteiger partial charge in [-0.2, -0.15) is 0 Å². The molecule has 1 amide bonds. The zero-order valence-corrected chi connectivity index (χ0v) is 17.5. The van der Waals surface area contributed by atoms with E-state index in [1.807, 2.05) is 59.9 Å². The predicted molar refractivity (Wildman–Crippen MR) is 120 cm³/mol. The maximum absolute atomic E-state index is 12.7. The Morgan fingerprint density at radius 2 is 2.23 bits per heavy atom. The number of aromatic nitrogens is 4. The van der Waals surface area contributed by atoms with Crippen LogP contribution in [0.4, 0.5) is 0 Å². The normalized spacial score (nSPS) is 13.7. The Hall–Kier alpha value is -3.59. The molecule has 1 aliphatic heterocycles. The van der Waals surface area contributed by atoms with Crippen molar-refractivity contribution in [3.05, 3.63) is 77.8 Å². The number of fused-ring (bicyclic) bond motifs is 2. The van der Waals surface area contributed by atoms with Crippen LogP contribution in [0.1, 0.15) is 17.0 Å². The number of hydrogen-bond acceptors (Lipinski definition) is 5. The molecule has 0 aromatic carbocycles. The molecule has 155 valence electrons. The minimum atomic E-state index is -0.0957. The van der Waals surface area contributed by atoms with E-state index in [9.17, 15) is 4.79 Å². The van der Waals surface area contributed by atoms with Gasteiger partial charge in [0.1, 0.15) is 5.65 Å². The van der Waals surface area contributed by atoms with Crippen molar-refractivity contribution < 1.29 is 4.79 Å². The summed E-state index contributed by atoms with van der Waals surface area (Å²) in [5.74, 6) is -0.0957. The van der Waals surface area contributed by atoms with E-state index in [4.69, 9.17) is 0 Å². The third kappa shape index (κ3) is 3.79. The molecule has 0 bridgehead atoms. The van der Waals surface area contributed by atoms with E-state index in [2.05, 4.69) is 44.5 Å². The zero-order valence-electron chi connectivity index (χ0n) is 17.5. The van der Waals surface area contributed by atoms with Gasteiger partial charge < -0.3 is 19.1 Å². The minimum Gasteiger partial charge on any atom is -0.346 e. The summed E-state index contributed by atoms with van der Waals surface area (Å²) in [7, 11) is 2.06. The first-order valence-corrected chi connectivity index (χ1v) is 10.3.